The predicted octanol–water partition coefficient (Wildman–Crippen LogP) is 2.79. The molecule has 0 saturated carbocycles. The molecule has 3 N–H and O–H groups in total. The Hall–Kier alpha value is -4.41. The highest BCUT2D eigenvalue weighted by molar-refractivity contribution is 5.90. The number of nitrogens with one attached hydrogen (secondary N) is 2. The molecule has 1 unspecified atom stereocenters. The lowest BCUT2D eigenvalue weighted by Crippen LogP contribution is -2.53. The van der Waals surface area contributed by atoms with Crippen LogP contribution in [0.4, 0.5) is 0 Å². The van der Waals surface area contributed by atoms with Gasteiger partial charge in [-0.2, -0.15) is 0 Å². The predicted molar refractivity (Wildman–Crippen MR) is 156 cm³/mol. The largest absolute Gasteiger partial charge is 0.485 e. The number of ether oxygens (including phenoxy) is 3. The number of carboxylic acid groups (broad SMARTS) is 1. The van der Waals surface area contributed by atoms with Crippen molar-refractivity contribution in [2.24, 2.45) is 0 Å². The molecule has 0 bridgehead atoms. The van der Waals surface area contributed by atoms with Gasteiger partial charge in [0.2, 0.25) is 11.8 Å². The molecule has 0 radical (unpaired) electrons. The molecule has 0 spiro atoms. The second-order valence-corrected chi connectivity index (χ2v) is 10.1. The molecule has 3 aromatic rings. The number of hydrogen-bond donors (Lipinski definition) is 3. The molecular formula is C32H37N3O7. The van der Waals surface area contributed by atoms with Crippen LogP contribution < -0.4 is 20.1 Å². The van der Waals surface area contributed by atoms with Gasteiger partial charge < -0.3 is 30.0 Å². The van der Waals surface area contributed by atoms with Gasteiger partial charge in [0.15, 0.2) is 11.5 Å². The number of amides is 2. The van der Waals surface area contributed by atoms with E-state index >= 15 is 0 Å². The zero-order valence-electron chi connectivity index (χ0n) is 23.7. The number of nitrogens with zero attached hydrogens (tertiary/aromatic N) is 1. The van der Waals surface area contributed by atoms with Crippen LogP contribution >= 0.6 is 0 Å². The maximum Gasteiger partial charge on any atom is 0.326 e. The van der Waals surface area contributed by atoms with Crippen molar-refractivity contribution in [3.8, 4) is 11.5 Å². The summed E-state index contributed by atoms with van der Waals surface area (Å²) in [6, 6.07) is 22.5. The summed E-state index contributed by atoms with van der Waals surface area (Å²) >= 11 is 0. The topological polar surface area (TPSA) is 126 Å². The van der Waals surface area contributed by atoms with Crippen molar-refractivity contribution < 1.29 is 33.7 Å². The minimum Gasteiger partial charge on any atom is -0.485 e. The SMILES string of the molecule is C[C@H](NC(=O)CN1CCOCC1)C(=O)NC(Cc1ccc(OCc2ccccc2)c(OCc2ccccc2)c1)C(=O)O. The Balaban J connectivity index is 1.40. The highest BCUT2D eigenvalue weighted by atomic mass is 16.5. The van der Waals surface area contributed by atoms with E-state index in [1.165, 1.54) is 6.92 Å². The number of morpholine rings is 1. The van der Waals surface area contributed by atoms with Crippen LogP contribution in [0.5, 0.6) is 11.5 Å². The second-order valence-electron chi connectivity index (χ2n) is 10.1. The van der Waals surface area contributed by atoms with Crippen LogP contribution in [-0.4, -0.2) is 72.7 Å². The number of benzene rings is 3. The number of carboxylic acids is 1. The fraction of sp³-hybridized carbons (Fsp3) is 0.344. The fourth-order valence-electron chi connectivity index (χ4n) is 4.43. The third-order valence-corrected chi connectivity index (χ3v) is 6.78. The lowest BCUT2D eigenvalue weighted by atomic mass is 10.0. The van der Waals surface area contributed by atoms with Crippen molar-refractivity contribution in [3.05, 3.63) is 95.6 Å². The summed E-state index contributed by atoms with van der Waals surface area (Å²) in [6.07, 6.45) is 0.0101. The molecule has 3 aromatic carbocycles. The van der Waals surface area contributed by atoms with Crippen LogP contribution in [0.2, 0.25) is 0 Å². The number of carbonyl (C=O) groups excluding carboxylic acids is 2. The van der Waals surface area contributed by atoms with E-state index in [0.29, 0.717) is 56.6 Å². The third-order valence-electron chi connectivity index (χ3n) is 6.78. The van der Waals surface area contributed by atoms with Gasteiger partial charge >= 0.3 is 5.97 Å². The van der Waals surface area contributed by atoms with Crippen molar-refractivity contribution in [2.75, 3.05) is 32.8 Å². The lowest BCUT2D eigenvalue weighted by Gasteiger charge is -2.26. The van der Waals surface area contributed by atoms with Gasteiger partial charge in [-0.25, -0.2) is 4.79 Å². The van der Waals surface area contributed by atoms with Crippen molar-refractivity contribution in [1.29, 1.82) is 0 Å². The number of carbonyl (C=O) groups is 3. The fourth-order valence-corrected chi connectivity index (χ4v) is 4.43. The highest BCUT2D eigenvalue weighted by Crippen LogP contribution is 2.30. The Morgan fingerprint density at radius 2 is 1.43 bits per heavy atom. The van der Waals surface area contributed by atoms with E-state index < -0.39 is 24.0 Å². The van der Waals surface area contributed by atoms with Crippen LogP contribution in [0.15, 0.2) is 78.9 Å². The van der Waals surface area contributed by atoms with Gasteiger partial charge in [0.25, 0.3) is 0 Å². The smallest absolute Gasteiger partial charge is 0.326 e. The Morgan fingerprint density at radius 3 is 2.02 bits per heavy atom. The van der Waals surface area contributed by atoms with E-state index in [-0.39, 0.29) is 18.9 Å². The molecule has 0 aromatic heterocycles. The molecule has 1 saturated heterocycles. The molecule has 2 atom stereocenters. The van der Waals surface area contributed by atoms with E-state index in [4.69, 9.17) is 14.2 Å². The van der Waals surface area contributed by atoms with Crippen molar-refractivity contribution in [2.45, 2.75) is 38.6 Å². The Kier molecular flexibility index (Phi) is 11.3. The monoisotopic (exact) mass is 575 g/mol. The van der Waals surface area contributed by atoms with E-state index in [1.54, 1.807) is 18.2 Å². The summed E-state index contributed by atoms with van der Waals surface area (Å²) in [5.74, 6) is -1.09. The molecule has 10 nitrogen and oxygen atoms in total. The number of hydrogen-bond acceptors (Lipinski definition) is 7. The molecule has 2 amide bonds. The van der Waals surface area contributed by atoms with Crippen LogP contribution in [0.3, 0.4) is 0 Å². The number of rotatable bonds is 14. The maximum absolute atomic E-state index is 12.8. The molecule has 42 heavy (non-hydrogen) atoms. The van der Waals surface area contributed by atoms with Crippen LogP contribution in [0, 0.1) is 0 Å². The molecular weight excluding hydrogens is 538 g/mol. The highest BCUT2D eigenvalue weighted by Gasteiger charge is 2.25. The zero-order chi connectivity index (χ0) is 29.7. The first-order chi connectivity index (χ1) is 20.4. The molecule has 0 aliphatic carbocycles. The Labute approximate surface area is 245 Å². The summed E-state index contributed by atoms with van der Waals surface area (Å²) < 4.78 is 17.4. The molecule has 10 heteroatoms. The summed E-state index contributed by atoms with van der Waals surface area (Å²) in [7, 11) is 0. The van der Waals surface area contributed by atoms with E-state index in [2.05, 4.69) is 10.6 Å². The van der Waals surface area contributed by atoms with Crippen LogP contribution in [-0.2, 0) is 38.8 Å². The van der Waals surface area contributed by atoms with Gasteiger partial charge in [-0.05, 0) is 35.7 Å². The standard InChI is InChI=1S/C32H37N3O7/c1-23(33-30(36)20-35-14-16-40-17-15-35)31(37)34-27(32(38)39)18-26-12-13-28(41-21-24-8-4-2-5-9-24)29(19-26)42-22-25-10-6-3-7-11-25/h2-13,19,23,27H,14-18,20-22H2,1H3,(H,33,36)(H,34,37)(H,38,39)/t23-,27?/m0/s1. The molecule has 1 heterocycles. The van der Waals surface area contributed by atoms with Gasteiger partial charge in [-0.3, -0.25) is 14.5 Å². The molecule has 222 valence electrons. The van der Waals surface area contributed by atoms with Crippen LogP contribution in [0.25, 0.3) is 0 Å². The van der Waals surface area contributed by atoms with Gasteiger partial charge in [0.05, 0.1) is 19.8 Å². The van der Waals surface area contributed by atoms with E-state index in [0.717, 1.165) is 11.1 Å². The summed E-state index contributed by atoms with van der Waals surface area (Å²) in [6.45, 7) is 4.71. The first-order valence-electron chi connectivity index (χ1n) is 14.0. The third kappa shape index (κ3) is 9.60. The summed E-state index contributed by atoms with van der Waals surface area (Å²) in [5, 5.41) is 15.1. The Morgan fingerprint density at radius 1 is 0.833 bits per heavy atom. The average molecular weight is 576 g/mol. The van der Waals surface area contributed by atoms with Crippen molar-refractivity contribution >= 4 is 17.8 Å². The maximum atomic E-state index is 12.8. The number of aliphatic carboxylic acids is 1. The second kappa shape index (κ2) is 15.6. The summed E-state index contributed by atoms with van der Waals surface area (Å²) in [4.78, 5) is 39.2. The Bertz CT molecular complexity index is 1310. The van der Waals surface area contributed by atoms with Crippen molar-refractivity contribution in [3.63, 3.8) is 0 Å². The van der Waals surface area contributed by atoms with Gasteiger partial charge in [-0.1, -0.05) is 66.7 Å². The van der Waals surface area contributed by atoms with Crippen molar-refractivity contribution in [1.82, 2.24) is 15.5 Å². The lowest BCUT2D eigenvalue weighted by molar-refractivity contribution is -0.142. The van der Waals surface area contributed by atoms with Gasteiger partial charge in [-0.15, -0.1) is 0 Å². The molecule has 1 aliphatic heterocycles. The van der Waals surface area contributed by atoms with E-state index in [9.17, 15) is 19.5 Å². The molecule has 4 rings (SSSR count). The normalized spacial score (nSPS) is 14.8. The minimum absolute atomic E-state index is 0.0101. The molecule has 1 fully saturated rings. The van der Waals surface area contributed by atoms with E-state index in [1.807, 2.05) is 65.6 Å². The average Bonchev–Trinajstić information content (AvgIpc) is 3.00. The minimum atomic E-state index is -1.21. The quantitative estimate of drug-likeness (QED) is 0.268. The van der Waals surface area contributed by atoms with Gasteiger partial charge in [0, 0.05) is 19.5 Å². The summed E-state index contributed by atoms with van der Waals surface area (Å²) in [5.41, 5.74) is 2.61. The van der Waals surface area contributed by atoms with Crippen LogP contribution in [0.1, 0.15) is 23.6 Å². The molecule has 1 aliphatic rings. The van der Waals surface area contributed by atoms with Gasteiger partial charge in [0.1, 0.15) is 25.3 Å². The zero-order valence-corrected chi connectivity index (χ0v) is 23.7. The first kappa shape index (κ1) is 30.5. The first-order valence-corrected chi connectivity index (χ1v) is 14.0.